The van der Waals surface area contributed by atoms with E-state index in [1.807, 2.05) is 0 Å². The van der Waals surface area contributed by atoms with Gasteiger partial charge in [-0.3, -0.25) is 0 Å². The molecular weight excluding hydrogens is 218 g/mol. The minimum atomic E-state index is -2.67. The summed E-state index contributed by atoms with van der Waals surface area (Å²) in [5.74, 6) is -1.95. The molecule has 1 fully saturated rings. The van der Waals surface area contributed by atoms with Crippen LogP contribution in [0.1, 0.15) is 6.42 Å². The van der Waals surface area contributed by atoms with E-state index in [0.717, 1.165) is 0 Å². The van der Waals surface area contributed by atoms with Crippen molar-refractivity contribution in [3.63, 3.8) is 0 Å². The van der Waals surface area contributed by atoms with Crippen LogP contribution in [0.3, 0.4) is 0 Å². The molecule has 1 aliphatic rings. The number of rotatable bonds is 2. The van der Waals surface area contributed by atoms with Crippen molar-refractivity contribution in [3.8, 4) is 5.75 Å². The van der Waals surface area contributed by atoms with Gasteiger partial charge in [0.2, 0.25) is 5.95 Å². The number of halogens is 2. The first-order valence-electron chi connectivity index (χ1n) is 4.81. The lowest BCUT2D eigenvalue weighted by Gasteiger charge is -2.16. The Kier molecular flexibility index (Phi) is 2.53. The van der Waals surface area contributed by atoms with Crippen molar-refractivity contribution < 1.29 is 13.5 Å². The van der Waals surface area contributed by atoms with Gasteiger partial charge in [0.15, 0.2) is 11.6 Å². The van der Waals surface area contributed by atoms with Crippen LogP contribution in [0, 0.1) is 0 Å². The summed E-state index contributed by atoms with van der Waals surface area (Å²) in [7, 11) is 1.44. The van der Waals surface area contributed by atoms with Gasteiger partial charge in [0.05, 0.1) is 19.9 Å². The molecule has 88 valence electrons. The third-order valence-corrected chi connectivity index (χ3v) is 2.44. The van der Waals surface area contributed by atoms with Crippen molar-refractivity contribution in [2.75, 3.05) is 30.8 Å². The van der Waals surface area contributed by atoms with Gasteiger partial charge in [-0.05, 0) is 0 Å². The van der Waals surface area contributed by atoms with Crippen LogP contribution in [0.15, 0.2) is 6.20 Å². The van der Waals surface area contributed by atoms with E-state index in [4.69, 9.17) is 10.5 Å². The Morgan fingerprint density at radius 3 is 2.81 bits per heavy atom. The highest BCUT2D eigenvalue weighted by molar-refractivity contribution is 5.49. The van der Waals surface area contributed by atoms with Crippen LogP contribution in [-0.2, 0) is 0 Å². The first-order valence-corrected chi connectivity index (χ1v) is 4.81. The maximum absolute atomic E-state index is 13.0. The van der Waals surface area contributed by atoms with Gasteiger partial charge >= 0.3 is 0 Å². The van der Waals surface area contributed by atoms with Crippen LogP contribution in [0.4, 0.5) is 20.5 Å². The zero-order chi connectivity index (χ0) is 11.8. The molecule has 0 aromatic carbocycles. The van der Waals surface area contributed by atoms with Crippen molar-refractivity contribution in [1.82, 2.24) is 9.97 Å². The third-order valence-electron chi connectivity index (χ3n) is 2.44. The van der Waals surface area contributed by atoms with E-state index >= 15 is 0 Å². The van der Waals surface area contributed by atoms with Crippen LogP contribution < -0.4 is 15.4 Å². The fourth-order valence-electron chi connectivity index (χ4n) is 1.59. The van der Waals surface area contributed by atoms with E-state index in [9.17, 15) is 8.78 Å². The molecule has 16 heavy (non-hydrogen) atoms. The predicted octanol–water partition coefficient (Wildman–Crippen LogP) is 0.913. The Labute approximate surface area is 91.2 Å². The maximum Gasteiger partial charge on any atom is 0.267 e. The minimum Gasteiger partial charge on any atom is -0.491 e. The number of ether oxygens (including phenoxy) is 1. The summed E-state index contributed by atoms with van der Waals surface area (Å²) >= 11 is 0. The zero-order valence-electron chi connectivity index (χ0n) is 8.78. The first-order chi connectivity index (χ1) is 7.52. The van der Waals surface area contributed by atoms with E-state index in [1.54, 1.807) is 0 Å². The standard InChI is InChI=1S/C9H12F2N4O/c1-16-6-4-13-8(14-7(6)12)15-3-2-9(10,11)5-15/h4H,2-3,5H2,1H3,(H2,12,13,14). The molecule has 2 rings (SSSR count). The summed E-state index contributed by atoms with van der Waals surface area (Å²) in [5.41, 5.74) is 5.58. The average molecular weight is 230 g/mol. The van der Waals surface area contributed by atoms with E-state index in [-0.39, 0.29) is 31.3 Å². The smallest absolute Gasteiger partial charge is 0.267 e. The molecule has 2 N–H and O–H groups in total. The number of nitrogens with two attached hydrogens (primary N) is 1. The van der Waals surface area contributed by atoms with Crippen LogP contribution in [0.25, 0.3) is 0 Å². The monoisotopic (exact) mass is 230 g/mol. The van der Waals surface area contributed by atoms with Gasteiger partial charge < -0.3 is 15.4 Å². The quantitative estimate of drug-likeness (QED) is 0.818. The lowest BCUT2D eigenvalue weighted by Crippen LogP contribution is -2.26. The summed E-state index contributed by atoms with van der Waals surface area (Å²) in [4.78, 5) is 9.27. The lowest BCUT2D eigenvalue weighted by molar-refractivity contribution is 0.0256. The predicted molar refractivity (Wildman–Crippen MR) is 54.8 cm³/mol. The van der Waals surface area contributed by atoms with E-state index in [0.29, 0.717) is 5.75 Å². The molecule has 1 aromatic rings. The average Bonchev–Trinajstić information content (AvgIpc) is 2.59. The molecule has 0 saturated carbocycles. The Morgan fingerprint density at radius 1 is 1.56 bits per heavy atom. The fraction of sp³-hybridized carbons (Fsp3) is 0.556. The van der Waals surface area contributed by atoms with E-state index in [1.165, 1.54) is 18.2 Å². The summed E-state index contributed by atoms with van der Waals surface area (Å²) in [6.07, 6.45) is 1.20. The Hall–Kier alpha value is -1.66. The highest BCUT2D eigenvalue weighted by atomic mass is 19.3. The normalized spacial score (nSPS) is 18.8. The molecule has 0 amide bonds. The topological polar surface area (TPSA) is 64.3 Å². The third kappa shape index (κ3) is 1.98. The Morgan fingerprint density at radius 2 is 2.31 bits per heavy atom. The second-order valence-electron chi connectivity index (χ2n) is 3.65. The lowest BCUT2D eigenvalue weighted by atomic mass is 10.3. The number of anilines is 2. The summed E-state index contributed by atoms with van der Waals surface area (Å²) in [6.45, 7) is -0.127. The number of methoxy groups -OCH3 is 1. The van der Waals surface area contributed by atoms with Crippen molar-refractivity contribution in [3.05, 3.63) is 6.20 Å². The molecule has 0 radical (unpaired) electrons. The first kappa shape index (κ1) is 10.8. The molecule has 1 aromatic heterocycles. The second kappa shape index (κ2) is 3.73. The van der Waals surface area contributed by atoms with Crippen LogP contribution in [0.2, 0.25) is 0 Å². The molecule has 0 bridgehead atoms. The van der Waals surface area contributed by atoms with Crippen LogP contribution in [-0.4, -0.2) is 36.1 Å². The van der Waals surface area contributed by atoms with Gasteiger partial charge in [0.1, 0.15) is 0 Å². The number of alkyl halides is 2. The van der Waals surface area contributed by atoms with Gasteiger partial charge in [-0.1, -0.05) is 0 Å². The van der Waals surface area contributed by atoms with Gasteiger partial charge in [-0.25, -0.2) is 13.8 Å². The van der Waals surface area contributed by atoms with Crippen molar-refractivity contribution in [1.29, 1.82) is 0 Å². The molecule has 1 aliphatic heterocycles. The second-order valence-corrected chi connectivity index (χ2v) is 3.65. The molecule has 0 unspecified atom stereocenters. The van der Waals surface area contributed by atoms with E-state index < -0.39 is 5.92 Å². The molecule has 0 spiro atoms. The van der Waals surface area contributed by atoms with Gasteiger partial charge in [0, 0.05) is 13.0 Å². The van der Waals surface area contributed by atoms with Crippen molar-refractivity contribution in [2.45, 2.75) is 12.3 Å². The van der Waals surface area contributed by atoms with Crippen molar-refractivity contribution >= 4 is 11.8 Å². The Bertz CT molecular complexity index is 399. The molecule has 0 atom stereocenters. The van der Waals surface area contributed by atoms with E-state index in [2.05, 4.69) is 9.97 Å². The summed E-state index contributed by atoms with van der Waals surface area (Å²) < 4.78 is 30.8. The number of nitrogen functional groups attached to an aromatic ring is 1. The molecule has 1 saturated heterocycles. The van der Waals surface area contributed by atoms with Crippen molar-refractivity contribution in [2.24, 2.45) is 0 Å². The van der Waals surface area contributed by atoms with Crippen LogP contribution >= 0.6 is 0 Å². The number of aromatic nitrogens is 2. The largest absolute Gasteiger partial charge is 0.491 e. The summed E-state index contributed by atoms with van der Waals surface area (Å²) in [6, 6.07) is 0. The van der Waals surface area contributed by atoms with Crippen LogP contribution in [0.5, 0.6) is 5.75 Å². The van der Waals surface area contributed by atoms with Gasteiger partial charge in [-0.2, -0.15) is 4.98 Å². The fourth-order valence-corrected chi connectivity index (χ4v) is 1.59. The molecule has 2 heterocycles. The van der Waals surface area contributed by atoms with Gasteiger partial charge in [-0.15, -0.1) is 0 Å². The molecule has 7 heteroatoms. The number of hydrogen-bond acceptors (Lipinski definition) is 5. The number of nitrogens with zero attached hydrogens (tertiary/aromatic N) is 3. The number of hydrogen-bond donors (Lipinski definition) is 1. The highest BCUT2D eigenvalue weighted by Gasteiger charge is 2.39. The molecule has 0 aliphatic carbocycles. The summed E-state index contributed by atoms with van der Waals surface area (Å²) in [5, 5.41) is 0. The zero-order valence-corrected chi connectivity index (χ0v) is 8.78. The molecular formula is C9H12F2N4O. The maximum atomic E-state index is 13.0. The van der Waals surface area contributed by atoms with Gasteiger partial charge in [0.25, 0.3) is 5.92 Å². The molecule has 5 nitrogen and oxygen atoms in total. The SMILES string of the molecule is COc1cnc(N2CCC(F)(F)C2)nc1N. The minimum absolute atomic E-state index is 0.155. The Balaban J connectivity index is 2.20. The highest BCUT2D eigenvalue weighted by Crippen LogP contribution is 2.30.